The molecular weight excluding hydrogens is 196 g/mol. The molecule has 2 N–H and O–H groups in total. The zero-order valence-corrected chi connectivity index (χ0v) is 9.28. The van der Waals surface area contributed by atoms with Gasteiger partial charge in [0, 0.05) is 17.1 Å². The lowest BCUT2D eigenvalue weighted by Gasteiger charge is -2.25. The molecule has 76 valence electrons. The van der Waals surface area contributed by atoms with E-state index >= 15 is 0 Å². The topological polar surface area (TPSA) is 24.1 Å². The lowest BCUT2D eigenvalue weighted by molar-refractivity contribution is 0.540. The monoisotopic (exact) mass is 210 g/mol. The van der Waals surface area contributed by atoms with E-state index in [0.29, 0.717) is 0 Å². The molecule has 2 nitrogen and oxygen atoms in total. The van der Waals surface area contributed by atoms with Crippen LogP contribution in [0.5, 0.6) is 0 Å². The van der Waals surface area contributed by atoms with Gasteiger partial charge in [0.25, 0.3) is 0 Å². The molecule has 2 rings (SSSR count). The number of hydrogen-bond donors (Lipinski definition) is 2. The number of anilines is 2. The summed E-state index contributed by atoms with van der Waals surface area (Å²) in [5.74, 6) is 0. The van der Waals surface area contributed by atoms with E-state index in [1.807, 2.05) is 18.2 Å². The van der Waals surface area contributed by atoms with Gasteiger partial charge in [-0.25, -0.2) is 0 Å². The molecule has 1 aliphatic rings. The van der Waals surface area contributed by atoms with Gasteiger partial charge < -0.3 is 10.6 Å². The summed E-state index contributed by atoms with van der Waals surface area (Å²) >= 11 is 5.96. The van der Waals surface area contributed by atoms with Crippen molar-refractivity contribution >= 4 is 23.0 Å². The van der Waals surface area contributed by atoms with Gasteiger partial charge in [-0.05, 0) is 38.5 Å². The van der Waals surface area contributed by atoms with Crippen molar-refractivity contribution in [1.29, 1.82) is 0 Å². The quantitative estimate of drug-likeness (QED) is 0.686. The van der Waals surface area contributed by atoms with Gasteiger partial charge in [-0.3, -0.25) is 0 Å². The molecule has 0 saturated carbocycles. The molecule has 0 amide bonds. The molecule has 0 aromatic heterocycles. The van der Waals surface area contributed by atoms with E-state index in [-0.39, 0.29) is 5.54 Å². The minimum Gasteiger partial charge on any atom is -0.383 e. The highest BCUT2D eigenvalue weighted by molar-refractivity contribution is 6.31. The maximum absolute atomic E-state index is 5.96. The Morgan fingerprint density at radius 1 is 1.29 bits per heavy atom. The average Bonchev–Trinajstić information content (AvgIpc) is 2.21. The van der Waals surface area contributed by atoms with Crippen LogP contribution in [0.15, 0.2) is 18.2 Å². The Morgan fingerprint density at radius 3 is 2.86 bits per heavy atom. The van der Waals surface area contributed by atoms with Crippen LogP contribution in [0.1, 0.15) is 20.3 Å². The van der Waals surface area contributed by atoms with Crippen LogP contribution in [0, 0.1) is 0 Å². The molecule has 1 aromatic rings. The second kappa shape index (κ2) is 3.35. The molecule has 0 aliphatic carbocycles. The van der Waals surface area contributed by atoms with Crippen molar-refractivity contribution in [3.63, 3.8) is 0 Å². The number of nitrogens with one attached hydrogen (secondary N) is 2. The number of benzene rings is 1. The third-order valence-corrected chi connectivity index (χ3v) is 2.76. The third-order valence-electron chi connectivity index (χ3n) is 2.52. The van der Waals surface area contributed by atoms with Crippen molar-refractivity contribution in [2.45, 2.75) is 25.8 Å². The average molecular weight is 211 g/mol. The fourth-order valence-electron chi connectivity index (χ4n) is 1.71. The highest BCUT2D eigenvalue weighted by Crippen LogP contribution is 2.31. The Kier molecular flexibility index (Phi) is 2.31. The van der Waals surface area contributed by atoms with Gasteiger partial charge in [-0.2, -0.15) is 0 Å². The first kappa shape index (κ1) is 9.66. The molecule has 1 aromatic carbocycles. The number of rotatable bonds is 0. The van der Waals surface area contributed by atoms with E-state index < -0.39 is 0 Å². The number of halogens is 1. The van der Waals surface area contributed by atoms with Crippen molar-refractivity contribution in [1.82, 2.24) is 0 Å². The van der Waals surface area contributed by atoms with Crippen LogP contribution in [0.4, 0.5) is 11.4 Å². The summed E-state index contributed by atoms with van der Waals surface area (Å²) in [6.07, 6.45) is 1.10. The van der Waals surface area contributed by atoms with E-state index in [0.717, 1.165) is 29.4 Å². The van der Waals surface area contributed by atoms with Crippen molar-refractivity contribution in [2.75, 3.05) is 17.2 Å². The van der Waals surface area contributed by atoms with Gasteiger partial charge >= 0.3 is 0 Å². The summed E-state index contributed by atoms with van der Waals surface area (Å²) in [6, 6.07) is 5.90. The first-order chi connectivity index (χ1) is 6.57. The van der Waals surface area contributed by atoms with Gasteiger partial charge in [0.05, 0.1) is 11.4 Å². The Hall–Kier alpha value is -0.890. The van der Waals surface area contributed by atoms with E-state index in [4.69, 9.17) is 11.6 Å². The zero-order chi connectivity index (χ0) is 10.2. The van der Waals surface area contributed by atoms with Crippen LogP contribution in [0.3, 0.4) is 0 Å². The molecule has 0 radical (unpaired) electrons. The maximum atomic E-state index is 5.96. The van der Waals surface area contributed by atoms with Crippen LogP contribution in [0.2, 0.25) is 5.02 Å². The minimum atomic E-state index is 0.128. The maximum Gasteiger partial charge on any atom is 0.0595 e. The zero-order valence-electron chi connectivity index (χ0n) is 8.52. The van der Waals surface area contributed by atoms with Crippen molar-refractivity contribution in [2.24, 2.45) is 0 Å². The van der Waals surface area contributed by atoms with E-state index in [1.165, 1.54) is 0 Å². The summed E-state index contributed by atoms with van der Waals surface area (Å²) in [5.41, 5.74) is 2.36. The largest absolute Gasteiger partial charge is 0.383 e. The van der Waals surface area contributed by atoms with Crippen LogP contribution < -0.4 is 10.6 Å². The lowest BCUT2D eigenvalue weighted by Crippen LogP contribution is -2.30. The summed E-state index contributed by atoms with van der Waals surface area (Å²) in [7, 11) is 0. The second-order valence-electron chi connectivity index (χ2n) is 4.38. The molecule has 0 atom stereocenters. The molecule has 0 spiro atoms. The van der Waals surface area contributed by atoms with Crippen molar-refractivity contribution in [3.05, 3.63) is 23.2 Å². The van der Waals surface area contributed by atoms with Crippen LogP contribution in [-0.2, 0) is 0 Å². The minimum absolute atomic E-state index is 0.128. The van der Waals surface area contributed by atoms with Crippen LogP contribution in [-0.4, -0.2) is 12.1 Å². The summed E-state index contributed by atoms with van der Waals surface area (Å²) in [6.45, 7) is 5.39. The standard InChI is InChI=1S/C11H15ClN2/c1-11(2)5-6-13-9-4-3-8(12)7-10(9)14-11/h3-4,7,13-14H,5-6H2,1-2H3. The summed E-state index contributed by atoms with van der Waals surface area (Å²) in [4.78, 5) is 0. The summed E-state index contributed by atoms with van der Waals surface area (Å²) in [5, 5.41) is 7.65. The van der Waals surface area contributed by atoms with Gasteiger partial charge in [-0.15, -0.1) is 0 Å². The van der Waals surface area contributed by atoms with E-state index in [9.17, 15) is 0 Å². The number of hydrogen-bond acceptors (Lipinski definition) is 2. The fourth-order valence-corrected chi connectivity index (χ4v) is 1.88. The number of fused-ring (bicyclic) bond motifs is 1. The highest BCUT2D eigenvalue weighted by atomic mass is 35.5. The van der Waals surface area contributed by atoms with E-state index in [1.54, 1.807) is 0 Å². The molecule has 0 saturated heterocycles. The Labute approximate surface area is 89.7 Å². The van der Waals surface area contributed by atoms with Gasteiger partial charge in [0.15, 0.2) is 0 Å². The molecular formula is C11H15ClN2. The van der Waals surface area contributed by atoms with Crippen LogP contribution >= 0.6 is 11.6 Å². The Bertz CT molecular complexity index is 347. The molecule has 0 bridgehead atoms. The highest BCUT2D eigenvalue weighted by Gasteiger charge is 2.21. The van der Waals surface area contributed by atoms with Crippen molar-refractivity contribution in [3.8, 4) is 0 Å². The van der Waals surface area contributed by atoms with Crippen molar-refractivity contribution < 1.29 is 0 Å². The third kappa shape index (κ3) is 1.95. The van der Waals surface area contributed by atoms with Gasteiger partial charge in [0.2, 0.25) is 0 Å². The summed E-state index contributed by atoms with van der Waals surface area (Å²) < 4.78 is 0. The SMILES string of the molecule is CC1(C)CCNc2ccc(Cl)cc2N1. The molecule has 14 heavy (non-hydrogen) atoms. The van der Waals surface area contributed by atoms with Gasteiger partial charge in [0.1, 0.15) is 0 Å². The van der Waals surface area contributed by atoms with Gasteiger partial charge in [-0.1, -0.05) is 11.6 Å². The molecule has 1 aliphatic heterocycles. The molecule has 0 unspecified atom stereocenters. The molecule has 1 heterocycles. The predicted octanol–water partition coefficient (Wildman–Crippen LogP) is 3.35. The first-order valence-corrected chi connectivity index (χ1v) is 5.26. The fraction of sp³-hybridized carbons (Fsp3) is 0.455. The Balaban J connectivity index is 2.38. The lowest BCUT2D eigenvalue weighted by atomic mass is 10.0. The predicted molar refractivity (Wildman–Crippen MR) is 62.3 cm³/mol. The molecule has 3 heteroatoms. The molecule has 0 fully saturated rings. The van der Waals surface area contributed by atoms with Crippen LogP contribution in [0.25, 0.3) is 0 Å². The normalized spacial score (nSPS) is 18.8. The first-order valence-electron chi connectivity index (χ1n) is 4.88. The Morgan fingerprint density at radius 2 is 2.07 bits per heavy atom. The smallest absolute Gasteiger partial charge is 0.0595 e. The second-order valence-corrected chi connectivity index (χ2v) is 4.81. The van der Waals surface area contributed by atoms with E-state index in [2.05, 4.69) is 24.5 Å².